The van der Waals surface area contributed by atoms with E-state index < -0.39 is 48.3 Å². The van der Waals surface area contributed by atoms with Crippen molar-refractivity contribution in [1.29, 1.82) is 0 Å². The van der Waals surface area contributed by atoms with Crippen molar-refractivity contribution in [3.05, 3.63) is 46.0 Å². The number of aliphatic hydroxyl groups is 2. The first-order valence-electron chi connectivity index (χ1n) is 7.01. The Kier molecular flexibility index (Phi) is 4.37. The summed E-state index contributed by atoms with van der Waals surface area (Å²) >= 11 is 0. The molecule has 0 unspecified atom stereocenters. The number of hydrogen-bond donors (Lipinski definition) is 2. The summed E-state index contributed by atoms with van der Waals surface area (Å²) in [7, 11) is 0. The molecule has 0 aromatic heterocycles. The van der Waals surface area contributed by atoms with Gasteiger partial charge in [-0.2, -0.15) is 0 Å². The molecule has 1 aromatic rings. The molecule has 0 bridgehead atoms. The summed E-state index contributed by atoms with van der Waals surface area (Å²) in [6.07, 6.45) is -5.83. The van der Waals surface area contributed by atoms with E-state index in [1.807, 2.05) is 30.3 Å². The summed E-state index contributed by atoms with van der Waals surface area (Å²) in [6, 6.07) is 9.19. The monoisotopic (exact) mass is 311 g/mol. The molecule has 0 radical (unpaired) electrons. The van der Waals surface area contributed by atoms with Crippen LogP contribution in [0.1, 0.15) is 11.9 Å². The van der Waals surface area contributed by atoms with E-state index in [0.29, 0.717) is 0 Å². The minimum Gasteiger partial charge on any atom is -0.387 e. The second-order valence-corrected chi connectivity index (χ2v) is 5.39. The molecule has 2 fully saturated rings. The number of nitro groups is 1. The van der Waals surface area contributed by atoms with Crippen LogP contribution < -0.4 is 0 Å². The fourth-order valence-electron chi connectivity index (χ4n) is 2.77. The van der Waals surface area contributed by atoms with Gasteiger partial charge in [-0.05, 0) is 0 Å². The lowest BCUT2D eigenvalue weighted by Gasteiger charge is -2.45. The van der Waals surface area contributed by atoms with Gasteiger partial charge in [0, 0.05) is 10.5 Å². The number of ether oxygens (including phenoxy) is 3. The molecular weight excluding hydrogens is 294 g/mol. The predicted molar refractivity (Wildman–Crippen MR) is 72.5 cm³/mol. The minimum atomic E-state index is -1.37. The third-order valence-corrected chi connectivity index (χ3v) is 3.88. The van der Waals surface area contributed by atoms with E-state index in [1.165, 1.54) is 0 Å². The Morgan fingerprint density at radius 2 is 1.91 bits per heavy atom. The summed E-state index contributed by atoms with van der Waals surface area (Å²) in [4.78, 5) is 10.0. The van der Waals surface area contributed by atoms with Gasteiger partial charge in [-0.15, -0.1) is 0 Å². The first-order chi connectivity index (χ1) is 10.6. The summed E-state index contributed by atoms with van der Waals surface area (Å²) in [5.74, 6) is 0. The van der Waals surface area contributed by atoms with Gasteiger partial charge in [-0.25, -0.2) is 0 Å². The van der Waals surface area contributed by atoms with Crippen LogP contribution in [0, 0.1) is 10.1 Å². The van der Waals surface area contributed by atoms with Gasteiger partial charge >= 0.3 is 0 Å². The van der Waals surface area contributed by atoms with Crippen LogP contribution in [0.4, 0.5) is 0 Å². The van der Waals surface area contributed by atoms with E-state index in [9.17, 15) is 20.3 Å². The van der Waals surface area contributed by atoms with E-state index >= 15 is 0 Å². The molecule has 0 spiro atoms. The van der Waals surface area contributed by atoms with Crippen LogP contribution in [-0.2, 0) is 14.2 Å². The molecule has 120 valence electrons. The highest BCUT2D eigenvalue weighted by molar-refractivity contribution is 5.16. The topological polar surface area (TPSA) is 111 Å². The Bertz CT molecular complexity index is 523. The van der Waals surface area contributed by atoms with Crippen LogP contribution >= 0.6 is 0 Å². The molecule has 1 aromatic carbocycles. The molecule has 6 atom stereocenters. The third-order valence-electron chi connectivity index (χ3n) is 3.88. The first kappa shape index (κ1) is 15.3. The van der Waals surface area contributed by atoms with Gasteiger partial charge in [0.2, 0.25) is 6.54 Å². The molecule has 0 saturated carbocycles. The standard InChI is InChI=1S/C14H17NO7/c16-11-9(6-15(18)19)21-10-7-20-14(22-13(10)12(11)17)8-4-2-1-3-5-8/h1-5,9-14,16-17H,6-7H2/t9-,10+,11-,12+,13+,14+/m0/s1. The molecule has 22 heavy (non-hydrogen) atoms. The quantitative estimate of drug-likeness (QED) is 0.590. The largest absolute Gasteiger partial charge is 0.387 e. The first-order valence-corrected chi connectivity index (χ1v) is 7.01. The van der Waals surface area contributed by atoms with Crippen LogP contribution in [0.2, 0.25) is 0 Å². The van der Waals surface area contributed by atoms with Gasteiger partial charge in [0.05, 0.1) is 6.61 Å². The molecule has 2 aliphatic heterocycles. The number of benzene rings is 1. The molecule has 3 rings (SSSR count). The fraction of sp³-hybridized carbons (Fsp3) is 0.571. The molecule has 2 N–H and O–H groups in total. The van der Waals surface area contributed by atoms with Crippen LogP contribution in [-0.4, -0.2) is 58.8 Å². The van der Waals surface area contributed by atoms with Crippen molar-refractivity contribution in [2.24, 2.45) is 0 Å². The highest BCUT2D eigenvalue weighted by atomic mass is 16.7. The summed E-state index contributed by atoms with van der Waals surface area (Å²) in [5.41, 5.74) is 0.787. The van der Waals surface area contributed by atoms with Crippen LogP contribution in [0.3, 0.4) is 0 Å². The minimum absolute atomic E-state index is 0.127. The average Bonchev–Trinajstić information content (AvgIpc) is 2.52. The highest BCUT2D eigenvalue weighted by Gasteiger charge is 2.50. The molecule has 0 aliphatic carbocycles. The SMILES string of the molecule is O=[N+]([O-])C[C@@H]1O[C@@H]2CO[C@@H](c3ccccc3)O[C@H]2[C@H](O)[C@H]1O. The molecule has 8 nitrogen and oxygen atoms in total. The Labute approximate surface area is 126 Å². The van der Waals surface area contributed by atoms with E-state index in [1.54, 1.807) is 0 Å². The van der Waals surface area contributed by atoms with Gasteiger partial charge in [0.1, 0.15) is 24.4 Å². The van der Waals surface area contributed by atoms with Gasteiger partial charge < -0.3 is 24.4 Å². The smallest absolute Gasteiger partial charge is 0.232 e. The molecule has 8 heteroatoms. The lowest BCUT2D eigenvalue weighted by Crippen LogP contribution is -2.62. The van der Waals surface area contributed by atoms with Gasteiger partial charge in [-0.1, -0.05) is 30.3 Å². The molecule has 2 saturated heterocycles. The maximum absolute atomic E-state index is 10.6. The maximum atomic E-state index is 10.6. The van der Waals surface area contributed by atoms with Crippen LogP contribution in [0.25, 0.3) is 0 Å². The normalized spacial score (nSPS) is 38.3. The average molecular weight is 311 g/mol. The highest BCUT2D eigenvalue weighted by Crippen LogP contribution is 2.33. The molecular formula is C14H17NO7. The number of nitrogens with zero attached hydrogens (tertiary/aromatic N) is 1. The van der Waals surface area contributed by atoms with Crippen LogP contribution in [0.5, 0.6) is 0 Å². The van der Waals surface area contributed by atoms with Crippen molar-refractivity contribution in [3.63, 3.8) is 0 Å². The van der Waals surface area contributed by atoms with Crippen molar-refractivity contribution in [2.75, 3.05) is 13.2 Å². The number of aliphatic hydroxyl groups excluding tert-OH is 2. The van der Waals surface area contributed by atoms with Crippen molar-refractivity contribution in [1.82, 2.24) is 0 Å². The molecule has 0 amide bonds. The number of rotatable bonds is 3. The predicted octanol–water partition coefficient (Wildman–Crippen LogP) is -0.134. The zero-order valence-corrected chi connectivity index (χ0v) is 11.6. The lowest BCUT2D eigenvalue weighted by atomic mass is 9.94. The Morgan fingerprint density at radius 1 is 1.18 bits per heavy atom. The van der Waals surface area contributed by atoms with Gasteiger partial charge in [0.15, 0.2) is 12.4 Å². The van der Waals surface area contributed by atoms with Crippen molar-refractivity contribution >= 4 is 0 Å². The molecule has 2 aliphatic rings. The van der Waals surface area contributed by atoms with E-state index in [-0.39, 0.29) is 6.61 Å². The van der Waals surface area contributed by atoms with Gasteiger partial charge in [-0.3, -0.25) is 10.1 Å². The second-order valence-electron chi connectivity index (χ2n) is 5.39. The van der Waals surface area contributed by atoms with E-state index in [0.717, 1.165) is 5.56 Å². The zero-order chi connectivity index (χ0) is 15.7. The fourth-order valence-corrected chi connectivity index (χ4v) is 2.77. The van der Waals surface area contributed by atoms with Crippen molar-refractivity contribution < 1.29 is 29.3 Å². The summed E-state index contributed by atoms with van der Waals surface area (Å²) in [5, 5.41) is 30.8. The number of hydrogen-bond acceptors (Lipinski definition) is 7. The van der Waals surface area contributed by atoms with E-state index in [2.05, 4.69) is 0 Å². The summed E-state index contributed by atoms with van der Waals surface area (Å²) in [6.45, 7) is -0.453. The second kappa shape index (κ2) is 6.27. The van der Waals surface area contributed by atoms with Gasteiger partial charge in [0.25, 0.3) is 0 Å². The summed E-state index contributed by atoms with van der Waals surface area (Å²) < 4.78 is 16.7. The van der Waals surface area contributed by atoms with E-state index in [4.69, 9.17) is 14.2 Å². The lowest BCUT2D eigenvalue weighted by molar-refractivity contribution is -0.501. The molecule has 2 heterocycles. The van der Waals surface area contributed by atoms with Crippen molar-refractivity contribution in [2.45, 2.75) is 36.8 Å². The number of fused-ring (bicyclic) bond motifs is 1. The maximum Gasteiger partial charge on any atom is 0.232 e. The third kappa shape index (κ3) is 2.96. The Balaban J connectivity index is 1.71. The van der Waals surface area contributed by atoms with Crippen molar-refractivity contribution in [3.8, 4) is 0 Å². The van der Waals surface area contributed by atoms with Crippen LogP contribution in [0.15, 0.2) is 30.3 Å². The Hall–Kier alpha value is -1.58. The Morgan fingerprint density at radius 3 is 2.59 bits per heavy atom. The zero-order valence-electron chi connectivity index (χ0n) is 11.6.